The van der Waals surface area contributed by atoms with Crippen LogP contribution in [-0.4, -0.2) is 43.9 Å². The molecule has 3 aromatic rings. The van der Waals surface area contributed by atoms with E-state index >= 15 is 0 Å². The lowest BCUT2D eigenvalue weighted by atomic mass is 10.2. The number of thioether (sulfide) groups is 1. The minimum atomic E-state index is -0.536. The summed E-state index contributed by atoms with van der Waals surface area (Å²) in [5.41, 5.74) is 1.70. The van der Waals surface area contributed by atoms with Crippen LogP contribution in [0.25, 0.3) is 0 Å². The highest BCUT2D eigenvalue weighted by atomic mass is 32.2. The number of methoxy groups -OCH3 is 1. The van der Waals surface area contributed by atoms with Gasteiger partial charge in [0.2, 0.25) is 11.8 Å². The highest BCUT2D eigenvalue weighted by Crippen LogP contribution is 2.26. The van der Waals surface area contributed by atoms with E-state index < -0.39 is 10.2 Å². The molecule has 0 radical (unpaired) electrons. The molecule has 0 saturated heterocycles. The smallest absolute Gasteiger partial charge is 0.269 e. The molecular formula is C25H30N6O5S. The van der Waals surface area contributed by atoms with E-state index in [9.17, 15) is 19.7 Å². The van der Waals surface area contributed by atoms with Crippen LogP contribution in [0, 0.1) is 23.0 Å². The van der Waals surface area contributed by atoms with Gasteiger partial charge in [0, 0.05) is 30.1 Å². The third-order valence-corrected chi connectivity index (χ3v) is 6.44. The molecule has 196 valence electrons. The van der Waals surface area contributed by atoms with Crippen LogP contribution in [0.15, 0.2) is 47.6 Å². The fraction of sp³-hybridized carbons (Fsp3) is 0.360. The number of aryl methyl sites for hydroxylation is 1. The van der Waals surface area contributed by atoms with Crippen LogP contribution in [0.5, 0.6) is 5.75 Å². The predicted octanol–water partition coefficient (Wildman–Crippen LogP) is 4.46. The number of carbonyl (C=O) groups excluding carboxylic acids is 2. The topological polar surface area (TPSA) is 141 Å². The van der Waals surface area contributed by atoms with Crippen LogP contribution in [-0.2, 0) is 22.6 Å². The number of carbonyl (C=O) groups is 2. The van der Waals surface area contributed by atoms with Crippen molar-refractivity contribution in [2.45, 2.75) is 51.1 Å². The summed E-state index contributed by atoms with van der Waals surface area (Å²) in [6.07, 6.45) is 0.0227. The van der Waals surface area contributed by atoms with Crippen LogP contribution in [0.1, 0.15) is 32.2 Å². The van der Waals surface area contributed by atoms with E-state index in [1.54, 1.807) is 45.2 Å². The zero-order valence-corrected chi connectivity index (χ0v) is 22.2. The first-order valence-corrected chi connectivity index (χ1v) is 12.5. The monoisotopic (exact) mass is 526 g/mol. The van der Waals surface area contributed by atoms with Crippen molar-refractivity contribution in [3.63, 3.8) is 0 Å². The minimum absolute atomic E-state index is 0.0227. The molecule has 1 heterocycles. The first-order chi connectivity index (χ1) is 17.6. The number of nitrogens with one attached hydrogen (secondary N) is 2. The Morgan fingerprint density at radius 1 is 1.11 bits per heavy atom. The molecular weight excluding hydrogens is 496 g/mol. The summed E-state index contributed by atoms with van der Waals surface area (Å²) in [4.78, 5) is 36.0. The number of anilines is 2. The van der Waals surface area contributed by atoms with E-state index in [4.69, 9.17) is 4.74 Å². The molecule has 1 aromatic heterocycles. The molecule has 3 rings (SSSR count). The van der Waals surface area contributed by atoms with Crippen molar-refractivity contribution in [1.29, 1.82) is 0 Å². The lowest BCUT2D eigenvalue weighted by Crippen LogP contribution is -2.24. The van der Waals surface area contributed by atoms with Gasteiger partial charge in [0.1, 0.15) is 11.6 Å². The number of amides is 2. The van der Waals surface area contributed by atoms with E-state index in [1.807, 2.05) is 18.4 Å². The maximum absolute atomic E-state index is 12.9. The molecule has 0 bridgehead atoms. The summed E-state index contributed by atoms with van der Waals surface area (Å²) < 4.78 is 7.00. The van der Waals surface area contributed by atoms with Gasteiger partial charge >= 0.3 is 0 Å². The fourth-order valence-corrected chi connectivity index (χ4v) is 4.33. The van der Waals surface area contributed by atoms with Crippen LogP contribution >= 0.6 is 11.8 Å². The summed E-state index contributed by atoms with van der Waals surface area (Å²) in [7, 11) is 1.58. The highest BCUT2D eigenvalue weighted by molar-refractivity contribution is 8.00. The van der Waals surface area contributed by atoms with Gasteiger partial charge < -0.3 is 19.9 Å². The van der Waals surface area contributed by atoms with Crippen LogP contribution < -0.4 is 15.4 Å². The molecule has 1 unspecified atom stereocenters. The number of nitro groups is 1. The largest absolute Gasteiger partial charge is 0.497 e. The average Bonchev–Trinajstić information content (AvgIpc) is 3.20. The lowest BCUT2D eigenvalue weighted by molar-refractivity contribution is -0.384. The Morgan fingerprint density at radius 3 is 2.41 bits per heavy atom. The van der Waals surface area contributed by atoms with Gasteiger partial charge in [-0.25, -0.2) is 0 Å². The molecule has 1 atom stereocenters. The van der Waals surface area contributed by atoms with Crippen LogP contribution in [0.3, 0.4) is 0 Å². The number of benzene rings is 2. The number of aromatic nitrogens is 3. The third-order valence-electron chi connectivity index (χ3n) is 5.36. The van der Waals surface area contributed by atoms with Gasteiger partial charge in [-0.05, 0) is 55.7 Å². The van der Waals surface area contributed by atoms with E-state index in [0.29, 0.717) is 40.2 Å². The number of hydrogen-bond acceptors (Lipinski definition) is 8. The van der Waals surface area contributed by atoms with Gasteiger partial charge in [-0.15, -0.1) is 10.2 Å². The third kappa shape index (κ3) is 7.53. The Kier molecular flexibility index (Phi) is 9.23. The van der Waals surface area contributed by atoms with Crippen molar-refractivity contribution >= 4 is 40.6 Å². The maximum Gasteiger partial charge on any atom is 0.269 e. The molecule has 2 N–H and O–H groups in total. The molecule has 2 amide bonds. The predicted molar refractivity (Wildman–Crippen MR) is 142 cm³/mol. The summed E-state index contributed by atoms with van der Waals surface area (Å²) in [6, 6.07) is 11.3. The van der Waals surface area contributed by atoms with E-state index in [0.717, 1.165) is 0 Å². The molecule has 12 heteroatoms. The fourth-order valence-electron chi connectivity index (χ4n) is 3.46. The second kappa shape index (κ2) is 12.3. The van der Waals surface area contributed by atoms with Crippen molar-refractivity contribution < 1.29 is 19.2 Å². The van der Waals surface area contributed by atoms with Gasteiger partial charge in [0.05, 0.1) is 23.7 Å². The number of hydrogen-bond donors (Lipinski definition) is 2. The first-order valence-electron chi connectivity index (χ1n) is 11.7. The Balaban J connectivity index is 1.69. The van der Waals surface area contributed by atoms with Crippen molar-refractivity contribution in [1.82, 2.24) is 14.8 Å². The van der Waals surface area contributed by atoms with Gasteiger partial charge in [-0.2, -0.15) is 0 Å². The van der Waals surface area contributed by atoms with Crippen molar-refractivity contribution in [2.75, 3.05) is 17.7 Å². The molecule has 0 aliphatic rings. The first kappa shape index (κ1) is 27.7. The Bertz CT molecular complexity index is 1280. The minimum Gasteiger partial charge on any atom is -0.497 e. The normalized spacial score (nSPS) is 11.7. The van der Waals surface area contributed by atoms with E-state index in [-0.39, 0.29) is 29.8 Å². The molecule has 2 aromatic carbocycles. The van der Waals surface area contributed by atoms with Crippen LogP contribution in [0.2, 0.25) is 0 Å². The Morgan fingerprint density at radius 2 is 1.81 bits per heavy atom. The Hall–Kier alpha value is -3.93. The quantitative estimate of drug-likeness (QED) is 0.212. The molecule has 37 heavy (non-hydrogen) atoms. The average molecular weight is 527 g/mol. The van der Waals surface area contributed by atoms with Crippen molar-refractivity contribution in [3.8, 4) is 5.75 Å². The van der Waals surface area contributed by atoms with E-state index in [2.05, 4.69) is 20.8 Å². The number of nitrogens with zero attached hydrogens (tertiary/aromatic N) is 4. The summed E-state index contributed by atoms with van der Waals surface area (Å²) in [5, 5.41) is 25.1. The van der Waals surface area contributed by atoms with E-state index in [1.165, 1.54) is 30.0 Å². The zero-order valence-electron chi connectivity index (χ0n) is 21.3. The molecule has 0 spiro atoms. The second-order valence-electron chi connectivity index (χ2n) is 8.86. The number of ether oxygens (including phenoxy) is 1. The standard InChI is InChI=1S/C25H30N6O5S/c1-15(2)14-30-22(13-23(32)26-18-6-9-20(36-5)10-7-18)28-29-25(30)37-17(4)24(33)27-21-11-8-19(31(34)35)12-16(21)3/h6-12,15,17H,13-14H2,1-5H3,(H,26,32)(H,27,33). The highest BCUT2D eigenvalue weighted by Gasteiger charge is 2.23. The SMILES string of the molecule is COc1ccc(NC(=O)Cc2nnc(SC(C)C(=O)Nc3ccc([N+](=O)[O-])cc3C)n2CC(C)C)cc1. The summed E-state index contributed by atoms with van der Waals surface area (Å²) >= 11 is 1.23. The zero-order chi connectivity index (χ0) is 27.1. The molecule has 0 fully saturated rings. The summed E-state index contributed by atoms with van der Waals surface area (Å²) in [5.74, 6) is 0.934. The number of rotatable bonds is 11. The lowest BCUT2D eigenvalue weighted by Gasteiger charge is -2.16. The molecule has 0 saturated carbocycles. The second-order valence-corrected chi connectivity index (χ2v) is 10.2. The molecule has 0 aliphatic carbocycles. The van der Waals surface area contributed by atoms with Crippen LogP contribution in [0.4, 0.5) is 17.1 Å². The van der Waals surface area contributed by atoms with Crippen molar-refractivity contribution in [2.24, 2.45) is 5.92 Å². The molecule has 11 nitrogen and oxygen atoms in total. The molecule has 0 aliphatic heterocycles. The van der Waals surface area contributed by atoms with Gasteiger partial charge in [0.15, 0.2) is 5.16 Å². The van der Waals surface area contributed by atoms with Gasteiger partial charge in [-0.1, -0.05) is 25.6 Å². The Labute approximate surface area is 219 Å². The van der Waals surface area contributed by atoms with Gasteiger partial charge in [0.25, 0.3) is 5.69 Å². The number of nitro benzene ring substituents is 1. The number of non-ortho nitro benzene ring substituents is 1. The maximum atomic E-state index is 12.9. The van der Waals surface area contributed by atoms with Gasteiger partial charge in [-0.3, -0.25) is 19.7 Å². The summed E-state index contributed by atoms with van der Waals surface area (Å²) in [6.45, 7) is 8.11. The van der Waals surface area contributed by atoms with Crippen molar-refractivity contribution in [3.05, 3.63) is 64.0 Å².